The number of aromatic nitrogens is 2. The van der Waals surface area contributed by atoms with Gasteiger partial charge in [-0.3, -0.25) is 0 Å². The summed E-state index contributed by atoms with van der Waals surface area (Å²) in [6, 6.07) is 16.3. The summed E-state index contributed by atoms with van der Waals surface area (Å²) in [5, 5.41) is 4.44. The van der Waals surface area contributed by atoms with E-state index in [0.717, 1.165) is 26.9 Å². The maximum Gasteiger partial charge on any atom is 0.0657 e. The largest absolute Gasteiger partial charge is 0.324 e. The number of hydrogen-bond acceptors (Lipinski definition) is 2. The van der Waals surface area contributed by atoms with Gasteiger partial charge in [0.05, 0.1) is 11.9 Å². The topological polar surface area (TPSA) is 43.8 Å². The molecule has 1 aromatic heterocycles. The molecule has 0 unspecified atom stereocenters. The van der Waals surface area contributed by atoms with Gasteiger partial charge < -0.3 is 5.73 Å². The number of halogens is 1. The van der Waals surface area contributed by atoms with Gasteiger partial charge in [0.2, 0.25) is 0 Å². The third kappa shape index (κ3) is 2.91. The van der Waals surface area contributed by atoms with Crippen molar-refractivity contribution in [1.82, 2.24) is 9.78 Å². The van der Waals surface area contributed by atoms with Crippen molar-refractivity contribution in [3.8, 4) is 16.8 Å². The van der Waals surface area contributed by atoms with Gasteiger partial charge in [-0.1, -0.05) is 52.3 Å². The fourth-order valence-corrected chi connectivity index (χ4v) is 3.00. The van der Waals surface area contributed by atoms with Crippen LogP contribution in [0.3, 0.4) is 0 Å². The summed E-state index contributed by atoms with van der Waals surface area (Å²) >= 11 is 3.58. The normalized spacial score (nSPS) is 12.3. The molecule has 0 fully saturated rings. The fraction of sp³-hybridized carbons (Fsp3) is 0.118. The Hall–Kier alpha value is -1.91. The van der Waals surface area contributed by atoms with Crippen LogP contribution < -0.4 is 5.73 Å². The van der Waals surface area contributed by atoms with Crippen LogP contribution >= 0.6 is 15.9 Å². The van der Waals surface area contributed by atoms with Crippen molar-refractivity contribution in [2.24, 2.45) is 5.73 Å². The molecular formula is C17H16BrN3. The Balaban J connectivity index is 1.95. The van der Waals surface area contributed by atoms with Crippen LogP contribution in [0.2, 0.25) is 0 Å². The van der Waals surface area contributed by atoms with E-state index in [0.29, 0.717) is 0 Å². The van der Waals surface area contributed by atoms with E-state index in [4.69, 9.17) is 5.73 Å². The zero-order chi connectivity index (χ0) is 14.8. The highest BCUT2D eigenvalue weighted by Crippen LogP contribution is 2.26. The summed E-state index contributed by atoms with van der Waals surface area (Å²) < 4.78 is 2.88. The van der Waals surface area contributed by atoms with E-state index in [1.807, 2.05) is 60.4 Å². The smallest absolute Gasteiger partial charge is 0.0657 e. The van der Waals surface area contributed by atoms with Crippen LogP contribution in [-0.2, 0) is 0 Å². The minimum atomic E-state index is 0.00549. The molecular weight excluding hydrogens is 326 g/mol. The molecule has 1 atom stereocenters. The molecule has 2 N–H and O–H groups in total. The quantitative estimate of drug-likeness (QED) is 0.770. The van der Waals surface area contributed by atoms with Crippen molar-refractivity contribution in [2.45, 2.75) is 13.0 Å². The zero-order valence-electron chi connectivity index (χ0n) is 11.7. The van der Waals surface area contributed by atoms with E-state index >= 15 is 0 Å². The van der Waals surface area contributed by atoms with Crippen LogP contribution in [0.15, 0.2) is 65.4 Å². The third-order valence-corrected chi connectivity index (χ3v) is 4.12. The van der Waals surface area contributed by atoms with Gasteiger partial charge >= 0.3 is 0 Å². The molecule has 0 aliphatic heterocycles. The summed E-state index contributed by atoms with van der Waals surface area (Å²) in [6.07, 6.45) is 3.91. The molecule has 0 saturated heterocycles. The Labute approximate surface area is 132 Å². The van der Waals surface area contributed by atoms with Gasteiger partial charge in [-0.15, -0.1) is 0 Å². The van der Waals surface area contributed by atoms with Crippen LogP contribution in [0.25, 0.3) is 16.8 Å². The molecule has 1 heterocycles. The summed E-state index contributed by atoms with van der Waals surface area (Å²) in [4.78, 5) is 0. The fourth-order valence-electron chi connectivity index (χ4n) is 2.27. The van der Waals surface area contributed by atoms with E-state index in [2.05, 4.69) is 33.2 Å². The van der Waals surface area contributed by atoms with E-state index < -0.39 is 0 Å². The molecule has 0 amide bonds. The molecule has 0 aliphatic carbocycles. The Bertz CT molecular complexity index is 748. The minimum absolute atomic E-state index is 0.00549. The van der Waals surface area contributed by atoms with Crippen LogP contribution in [-0.4, -0.2) is 9.78 Å². The monoisotopic (exact) mass is 341 g/mol. The maximum atomic E-state index is 5.93. The second-order valence-corrected chi connectivity index (χ2v) is 5.89. The number of nitrogens with zero attached hydrogens (tertiary/aromatic N) is 2. The number of benzene rings is 2. The summed E-state index contributed by atoms with van der Waals surface area (Å²) in [7, 11) is 0. The summed E-state index contributed by atoms with van der Waals surface area (Å²) in [6.45, 7) is 1.97. The van der Waals surface area contributed by atoms with Crippen molar-refractivity contribution in [3.05, 3.63) is 71.0 Å². The molecule has 0 saturated carbocycles. The Kier molecular flexibility index (Phi) is 3.90. The van der Waals surface area contributed by atoms with Gasteiger partial charge in [-0.2, -0.15) is 5.10 Å². The Morgan fingerprint density at radius 3 is 2.52 bits per heavy atom. The van der Waals surface area contributed by atoms with Crippen molar-refractivity contribution in [1.29, 1.82) is 0 Å². The van der Waals surface area contributed by atoms with Crippen LogP contribution in [0, 0.1) is 0 Å². The van der Waals surface area contributed by atoms with Crippen molar-refractivity contribution in [3.63, 3.8) is 0 Å². The van der Waals surface area contributed by atoms with E-state index in [-0.39, 0.29) is 6.04 Å². The second-order valence-electron chi connectivity index (χ2n) is 5.03. The van der Waals surface area contributed by atoms with Gasteiger partial charge in [0, 0.05) is 22.3 Å². The van der Waals surface area contributed by atoms with Crippen LogP contribution in [0.4, 0.5) is 0 Å². The van der Waals surface area contributed by atoms with Gasteiger partial charge in [0.25, 0.3) is 0 Å². The van der Waals surface area contributed by atoms with Crippen molar-refractivity contribution < 1.29 is 0 Å². The summed E-state index contributed by atoms with van der Waals surface area (Å²) in [5.41, 5.74) is 10.3. The van der Waals surface area contributed by atoms with Crippen molar-refractivity contribution >= 4 is 15.9 Å². The van der Waals surface area contributed by atoms with Gasteiger partial charge in [-0.25, -0.2) is 4.68 Å². The minimum Gasteiger partial charge on any atom is -0.324 e. The van der Waals surface area contributed by atoms with Crippen LogP contribution in [0.1, 0.15) is 18.5 Å². The van der Waals surface area contributed by atoms with E-state index in [1.165, 1.54) is 0 Å². The van der Waals surface area contributed by atoms with E-state index in [1.54, 1.807) is 0 Å². The highest BCUT2D eigenvalue weighted by Gasteiger charge is 2.08. The molecule has 3 nitrogen and oxygen atoms in total. The lowest BCUT2D eigenvalue weighted by molar-refractivity contribution is 0.809. The number of nitrogens with two attached hydrogens (primary N) is 1. The molecule has 3 rings (SSSR count). The lowest BCUT2D eigenvalue weighted by atomic mass is 10.1. The Morgan fingerprint density at radius 1 is 1.10 bits per heavy atom. The molecule has 21 heavy (non-hydrogen) atoms. The molecule has 0 aliphatic rings. The van der Waals surface area contributed by atoms with Crippen molar-refractivity contribution in [2.75, 3.05) is 0 Å². The predicted octanol–water partition coefficient (Wildman–Crippen LogP) is 4.32. The molecule has 4 heteroatoms. The summed E-state index contributed by atoms with van der Waals surface area (Å²) in [5.74, 6) is 0. The first-order valence-electron chi connectivity index (χ1n) is 6.80. The molecule has 0 radical (unpaired) electrons. The molecule has 106 valence electrons. The number of hydrogen-bond donors (Lipinski definition) is 1. The lowest BCUT2D eigenvalue weighted by Crippen LogP contribution is -2.06. The zero-order valence-corrected chi connectivity index (χ0v) is 13.3. The number of rotatable bonds is 3. The highest BCUT2D eigenvalue weighted by molar-refractivity contribution is 9.10. The lowest BCUT2D eigenvalue weighted by Gasteiger charge is -2.10. The molecule has 0 bridgehead atoms. The average Bonchev–Trinajstić information content (AvgIpc) is 2.97. The predicted molar refractivity (Wildman–Crippen MR) is 89.3 cm³/mol. The van der Waals surface area contributed by atoms with Gasteiger partial charge in [-0.05, 0) is 30.2 Å². The molecule has 2 aromatic carbocycles. The molecule has 0 spiro atoms. The first-order valence-corrected chi connectivity index (χ1v) is 7.60. The van der Waals surface area contributed by atoms with Gasteiger partial charge in [0.15, 0.2) is 0 Å². The molecule has 3 aromatic rings. The Morgan fingerprint density at radius 2 is 1.86 bits per heavy atom. The SMILES string of the molecule is C[C@@H](N)c1ccc(-n2cc(-c3ccccc3)cn2)cc1Br. The first kappa shape index (κ1) is 14.0. The third-order valence-electron chi connectivity index (χ3n) is 3.43. The maximum absolute atomic E-state index is 5.93. The van der Waals surface area contributed by atoms with Gasteiger partial charge in [0.1, 0.15) is 0 Å². The van der Waals surface area contributed by atoms with E-state index in [9.17, 15) is 0 Å². The first-order chi connectivity index (χ1) is 10.1. The van der Waals surface area contributed by atoms with Crippen LogP contribution in [0.5, 0.6) is 0 Å². The highest BCUT2D eigenvalue weighted by atomic mass is 79.9. The standard InChI is InChI=1S/C17H16BrN3/c1-12(19)16-8-7-15(9-17(16)18)21-11-14(10-20-21)13-5-3-2-4-6-13/h2-12H,19H2,1H3/t12-/m1/s1. The average molecular weight is 342 g/mol. The second kappa shape index (κ2) is 5.84.